The quantitative estimate of drug-likeness (QED) is 0.274. The standard InChI is InChI=1S/C31H30FN5O4/c1-5-8-26-34-19(4)28(21-13-14-27(33-16-21)40-18(2)3)30(38)37(26)17-22-12-11-20(15-25(22)32)23-9-6-7-10-24(23)29-35-31(39)41-36-29/h6-7,9-16,18H,5,8,17H2,1-4H3,(H,35,36,39)/p+1. The molecule has 0 aliphatic carbocycles. The van der Waals surface area contributed by atoms with Gasteiger partial charge in [-0.3, -0.25) is 18.9 Å². The summed E-state index contributed by atoms with van der Waals surface area (Å²) in [5, 5.41) is 3.77. The van der Waals surface area contributed by atoms with E-state index in [9.17, 15) is 9.59 Å². The molecule has 0 bridgehead atoms. The van der Waals surface area contributed by atoms with Crippen LogP contribution in [-0.4, -0.2) is 25.8 Å². The van der Waals surface area contributed by atoms with Crippen molar-refractivity contribution in [3.63, 3.8) is 0 Å². The number of halogens is 1. The van der Waals surface area contributed by atoms with Gasteiger partial charge in [0.05, 0.1) is 35.5 Å². The van der Waals surface area contributed by atoms with E-state index in [1.165, 1.54) is 6.07 Å². The van der Waals surface area contributed by atoms with E-state index in [2.05, 4.69) is 19.6 Å². The fourth-order valence-corrected chi connectivity index (χ4v) is 4.82. The van der Waals surface area contributed by atoms with Gasteiger partial charge in [0.2, 0.25) is 0 Å². The van der Waals surface area contributed by atoms with Crippen LogP contribution in [0.4, 0.5) is 4.39 Å². The Labute approximate surface area is 235 Å². The molecule has 0 radical (unpaired) electrons. The van der Waals surface area contributed by atoms with Crippen molar-refractivity contribution in [2.45, 2.75) is 53.2 Å². The zero-order valence-electron chi connectivity index (χ0n) is 23.3. The molecule has 0 unspecified atom stereocenters. The van der Waals surface area contributed by atoms with Gasteiger partial charge >= 0.3 is 11.6 Å². The number of pyridine rings is 1. The molecule has 210 valence electrons. The van der Waals surface area contributed by atoms with Crippen molar-refractivity contribution in [3.05, 3.63) is 105 Å². The zero-order valence-corrected chi connectivity index (χ0v) is 23.3. The third-order valence-electron chi connectivity index (χ3n) is 6.65. The van der Waals surface area contributed by atoms with Gasteiger partial charge in [0.25, 0.3) is 5.56 Å². The average molecular weight is 557 g/mol. The highest BCUT2D eigenvalue weighted by Crippen LogP contribution is 2.31. The summed E-state index contributed by atoms with van der Waals surface area (Å²) in [4.78, 5) is 35.7. The predicted molar refractivity (Wildman–Crippen MR) is 152 cm³/mol. The molecule has 2 N–H and O–H groups in total. The van der Waals surface area contributed by atoms with E-state index < -0.39 is 11.6 Å². The number of aromatic amines is 2. The largest absolute Gasteiger partial charge is 0.442 e. The Morgan fingerprint density at radius 1 is 1.07 bits per heavy atom. The smallest absolute Gasteiger partial charge is 0.439 e. The number of benzene rings is 2. The van der Waals surface area contributed by atoms with Gasteiger partial charge in [-0.1, -0.05) is 48.5 Å². The molecule has 3 aromatic heterocycles. The Morgan fingerprint density at radius 2 is 1.83 bits per heavy atom. The van der Waals surface area contributed by atoms with E-state index >= 15 is 4.39 Å². The molecule has 0 saturated heterocycles. The summed E-state index contributed by atoms with van der Waals surface area (Å²) in [6, 6.07) is 15.7. The fraction of sp³-hybridized carbons (Fsp3) is 0.258. The molecule has 0 saturated carbocycles. The monoisotopic (exact) mass is 556 g/mol. The number of aryl methyl sites for hydroxylation is 2. The maximum absolute atomic E-state index is 15.6. The fourth-order valence-electron chi connectivity index (χ4n) is 4.82. The van der Waals surface area contributed by atoms with Crippen LogP contribution in [0.5, 0.6) is 5.88 Å². The lowest BCUT2D eigenvalue weighted by molar-refractivity contribution is -0.395. The van der Waals surface area contributed by atoms with Crippen molar-refractivity contribution in [1.29, 1.82) is 0 Å². The lowest BCUT2D eigenvalue weighted by atomic mass is 9.98. The second kappa shape index (κ2) is 11.7. The number of hydrogen-bond acceptors (Lipinski definition) is 6. The summed E-state index contributed by atoms with van der Waals surface area (Å²) in [6.07, 6.45) is 3.09. The summed E-state index contributed by atoms with van der Waals surface area (Å²) >= 11 is 0. The van der Waals surface area contributed by atoms with E-state index in [-0.39, 0.29) is 24.0 Å². The van der Waals surface area contributed by atoms with Crippen molar-refractivity contribution in [2.24, 2.45) is 0 Å². The van der Waals surface area contributed by atoms with Crippen LogP contribution < -0.4 is 21.0 Å². The van der Waals surface area contributed by atoms with Gasteiger partial charge in [0.15, 0.2) is 12.0 Å². The van der Waals surface area contributed by atoms with Crippen LogP contribution in [0.15, 0.2) is 74.9 Å². The van der Waals surface area contributed by atoms with Crippen LogP contribution >= 0.6 is 0 Å². The predicted octanol–water partition coefficient (Wildman–Crippen LogP) is 4.97. The Kier molecular flexibility index (Phi) is 7.91. The van der Waals surface area contributed by atoms with E-state index in [0.717, 1.165) is 6.42 Å². The number of aromatic nitrogens is 5. The molecular weight excluding hydrogens is 525 g/mol. The topological polar surface area (TPSA) is 117 Å². The van der Waals surface area contributed by atoms with Crippen LogP contribution in [0.2, 0.25) is 0 Å². The zero-order chi connectivity index (χ0) is 29.1. The second-order valence-corrected chi connectivity index (χ2v) is 10.0. The molecule has 9 nitrogen and oxygen atoms in total. The lowest BCUT2D eigenvalue weighted by Gasteiger charge is -2.16. The first-order valence-electron chi connectivity index (χ1n) is 13.5. The molecular formula is C31H31FN5O4+. The Bertz CT molecular complexity index is 1810. The highest BCUT2D eigenvalue weighted by Gasteiger charge is 2.20. The third-order valence-corrected chi connectivity index (χ3v) is 6.65. The Morgan fingerprint density at radius 3 is 2.46 bits per heavy atom. The Hall–Kier alpha value is -4.86. The van der Waals surface area contributed by atoms with Gasteiger partial charge in [-0.25, -0.2) is 14.2 Å². The molecule has 0 spiro atoms. The van der Waals surface area contributed by atoms with Crippen molar-refractivity contribution in [2.75, 3.05) is 0 Å². The molecule has 10 heteroatoms. The van der Waals surface area contributed by atoms with E-state index in [4.69, 9.17) is 9.72 Å². The van der Waals surface area contributed by atoms with Crippen LogP contribution in [0.25, 0.3) is 33.6 Å². The minimum absolute atomic E-state index is 0.00664. The van der Waals surface area contributed by atoms with Gasteiger partial charge in [-0.15, -0.1) is 0 Å². The van der Waals surface area contributed by atoms with Crippen molar-refractivity contribution >= 4 is 0 Å². The summed E-state index contributed by atoms with van der Waals surface area (Å²) < 4.78 is 27.5. The minimum Gasteiger partial charge on any atom is -0.442 e. The van der Waals surface area contributed by atoms with Gasteiger partial charge in [-0.2, -0.15) is 4.98 Å². The number of rotatable bonds is 9. The molecule has 5 rings (SSSR count). The first kappa shape index (κ1) is 27.7. The molecule has 2 aromatic carbocycles. The van der Waals surface area contributed by atoms with Crippen molar-refractivity contribution < 1.29 is 18.6 Å². The lowest BCUT2D eigenvalue weighted by Crippen LogP contribution is -2.29. The summed E-state index contributed by atoms with van der Waals surface area (Å²) in [7, 11) is 0. The maximum atomic E-state index is 15.6. The first-order chi connectivity index (χ1) is 19.7. The maximum Gasteiger partial charge on any atom is 0.439 e. The van der Waals surface area contributed by atoms with Gasteiger partial charge in [0, 0.05) is 17.5 Å². The normalized spacial score (nSPS) is 11.3. The summed E-state index contributed by atoms with van der Waals surface area (Å²) in [6.45, 7) is 7.72. The number of ether oxygens (including phenoxy) is 1. The molecule has 5 aromatic rings. The van der Waals surface area contributed by atoms with Crippen molar-refractivity contribution in [1.82, 2.24) is 19.7 Å². The minimum atomic E-state index is -0.673. The Balaban J connectivity index is 1.52. The van der Waals surface area contributed by atoms with Crippen LogP contribution in [0.3, 0.4) is 0 Å². The first-order valence-corrected chi connectivity index (χ1v) is 13.5. The third kappa shape index (κ3) is 5.86. The number of nitrogens with zero attached hydrogens (tertiary/aromatic N) is 3. The molecule has 0 aliphatic rings. The number of hydrogen-bond donors (Lipinski definition) is 1. The summed E-state index contributed by atoms with van der Waals surface area (Å²) in [5.74, 6) is 0.312. The molecule has 0 fully saturated rings. The second-order valence-electron chi connectivity index (χ2n) is 10.0. The number of H-pyrrole nitrogens is 2. The van der Waals surface area contributed by atoms with E-state index in [1.807, 2.05) is 45.9 Å². The molecule has 0 aliphatic heterocycles. The van der Waals surface area contributed by atoms with Gasteiger partial charge < -0.3 is 4.74 Å². The molecule has 0 amide bonds. The van der Waals surface area contributed by atoms with Crippen molar-refractivity contribution in [3.8, 4) is 39.5 Å². The molecule has 41 heavy (non-hydrogen) atoms. The van der Waals surface area contributed by atoms with Crippen LogP contribution in [0.1, 0.15) is 44.3 Å². The molecule has 3 heterocycles. The van der Waals surface area contributed by atoms with E-state index in [1.54, 1.807) is 41.1 Å². The highest BCUT2D eigenvalue weighted by atomic mass is 19.1. The highest BCUT2D eigenvalue weighted by molar-refractivity contribution is 5.80. The molecule has 0 atom stereocenters. The average Bonchev–Trinajstić information content (AvgIpc) is 3.38. The van der Waals surface area contributed by atoms with Gasteiger partial charge in [-0.05, 0) is 50.5 Å². The van der Waals surface area contributed by atoms with Crippen LogP contribution in [-0.2, 0) is 13.0 Å². The summed E-state index contributed by atoms with van der Waals surface area (Å²) in [5.41, 5.74) is 3.71. The van der Waals surface area contributed by atoms with E-state index in [0.29, 0.717) is 57.2 Å². The SMILES string of the molecule is CCCc1nc(C)c(-c2ccc(OC(C)C)[nH+]c2)c(=O)n1Cc1ccc(-c2ccccc2-c2noc(=O)[nH]2)cc1F. The van der Waals surface area contributed by atoms with Gasteiger partial charge in [0.1, 0.15) is 11.6 Å². The number of nitrogens with one attached hydrogen (secondary N) is 2. The van der Waals surface area contributed by atoms with Crippen LogP contribution in [0, 0.1) is 12.7 Å².